The highest BCUT2D eigenvalue weighted by atomic mass is 32.1. The first-order valence-corrected chi connectivity index (χ1v) is 9.98. The second-order valence-electron chi connectivity index (χ2n) is 7.12. The molecule has 144 valence electrons. The summed E-state index contributed by atoms with van der Waals surface area (Å²) in [6, 6.07) is 7.81. The summed E-state index contributed by atoms with van der Waals surface area (Å²) in [5, 5.41) is 14.8. The molecule has 0 unspecified atom stereocenters. The molecule has 2 aromatic rings. The van der Waals surface area contributed by atoms with Gasteiger partial charge in [0.15, 0.2) is 0 Å². The topological polar surface area (TPSA) is 88.5 Å². The minimum absolute atomic E-state index is 0.0224. The van der Waals surface area contributed by atoms with Gasteiger partial charge in [-0.2, -0.15) is 0 Å². The molecule has 27 heavy (non-hydrogen) atoms. The van der Waals surface area contributed by atoms with Gasteiger partial charge in [-0.25, -0.2) is 4.98 Å². The number of carboxylic acids is 1. The van der Waals surface area contributed by atoms with Crippen molar-refractivity contribution in [3.63, 3.8) is 0 Å². The standard InChI is InChI=1S/C20H24N2O4S/c1-14-4-6-16(7-5-14)26-12-18-21-15(13-27-18)10-17(23)22-20(11-19(24)25)8-2-3-9-20/h4-7,13H,2-3,8-12H2,1H3,(H,22,23)(H,24,25). The zero-order valence-corrected chi connectivity index (χ0v) is 16.2. The van der Waals surface area contributed by atoms with E-state index in [4.69, 9.17) is 9.84 Å². The molecule has 1 fully saturated rings. The molecule has 6 nitrogen and oxygen atoms in total. The van der Waals surface area contributed by atoms with Crippen LogP contribution in [0.2, 0.25) is 0 Å². The summed E-state index contributed by atoms with van der Waals surface area (Å²) < 4.78 is 5.71. The van der Waals surface area contributed by atoms with Crippen molar-refractivity contribution in [2.75, 3.05) is 0 Å². The van der Waals surface area contributed by atoms with Gasteiger partial charge < -0.3 is 15.2 Å². The van der Waals surface area contributed by atoms with Crippen molar-refractivity contribution in [1.82, 2.24) is 10.3 Å². The van der Waals surface area contributed by atoms with E-state index in [0.717, 1.165) is 36.4 Å². The predicted octanol–water partition coefficient (Wildman–Crippen LogP) is 3.48. The average molecular weight is 388 g/mol. The van der Waals surface area contributed by atoms with Gasteiger partial charge in [-0.15, -0.1) is 11.3 Å². The first kappa shape index (κ1) is 19.4. The van der Waals surface area contributed by atoms with Crippen LogP contribution < -0.4 is 10.1 Å². The number of hydrogen-bond acceptors (Lipinski definition) is 5. The number of nitrogens with one attached hydrogen (secondary N) is 1. The molecule has 1 aliphatic rings. The highest BCUT2D eigenvalue weighted by Crippen LogP contribution is 2.32. The minimum atomic E-state index is -0.874. The lowest BCUT2D eigenvalue weighted by molar-refractivity contribution is -0.139. The lowest BCUT2D eigenvalue weighted by Gasteiger charge is -2.28. The van der Waals surface area contributed by atoms with Gasteiger partial charge in [-0.05, 0) is 31.9 Å². The summed E-state index contributed by atoms with van der Waals surface area (Å²) in [6.07, 6.45) is 3.47. The fourth-order valence-electron chi connectivity index (χ4n) is 3.47. The number of amides is 1. The molecule has 0 aliphatic heterocycles. The highest BCUT2D eigenvalue weighted by Gasteiger charge is 2.37. The molecule has 1 aliphatic carbocycles. The number of aromatic nitrogens is 1. The summed E-state index contributed by atoms with van der Waals surface area (Å²) in [4.78, 5) is 28.0. The van der Waals surface area contributed by atoms with Crippen LogP contribution in [0.3, 0.4) is 0 Å². The molecule has 1 aromatic carbocycles. The summed E-state index contributed by atoms with van der Waals surface area (Å²) in [7, 11) is 0. The van der Waals surface area contributed by atoms with E-state index in [1.807, 2.05) is 36.6 Å². The maximum absolute atomic E-state index is 12.4. The van der Waals surface area contributed by atoms with Crippen molar-refractivity contribution in [2.24, 2.45) is 0 Å². The zero-order chi connectivity index (χ0) is 19.3. The fraction of sp³-hybridized carbons (Fsp3) is 0.450. The Bertz CT molecular complexity index is 795. The van der Waals surface area contributed by atoms with Crippen LogP contribution in [-0.2, 0) is 22.6 Å². The summed E-state index contributed by atoms with van der Waals surface area (Å²) in [5.41, 5.74) is 1.26. The number of aliphatic carboxylic acids is 1. The van der Waals surface area contributed by atoms with Gasteiger partial charge >= 0.3 is 5.97 Å². The molecule has 2 N–H and O–H groups in total. The predicted molar refractivity (Wildman–Crippen MR) is 103 cm³/mol. The number of aryl methyl sites for hydroxylation is 1. The molecule has 1 amide bonds. The number of benzene rings is 1. The lowest BCUT2D eigenvalue weighted by Crippen LogP contribution is -2.48. The first-order valence-electron chi connectivity index (χ1n) is 9.10. The Morgan fingerprint density at radius 2 is 1.96 bits per heavy atom. The third kappa shape index (κ3) is 5.53. The van der Waals surface area contributed by atoms with Crippen LogP contribution in [0.4, 0.5) is 0 Å². The summed E-state index contributed by atoms with van der Waals surface area (Å²) >= 11 is 1.46. The Labute approximate surface area is 162 Å². The monoisotopic (exact) mass is 388 g/mol. The van der Waals surface area contributed by atoms with Crippen molar-refractivity contribution in [2.45, 2.75) is 57.6 Å². The van der Waals surface area contributed by atoms with E-state index in [2.05, 4.69) is 10.3 Å². The molecule has 0 radical (unpaired) electrons. The Balaban J connectivity index is 1.52. The van der Waals surface area contributed by atoms with E-state index in [1.54, 1.807) is 0 Å². The van der Waals surface area contributed by atoms with Crippen LogP contribution in [0.25, 0.3) is 0 Å². The molecule has 0 spiro atoms. The van der Waals surface area contributed by atoms with Gasteiger partial charge in [-0.1, -0.05) is 30.5 Å². The van der Waals surface area contributed by atoms with Crippen LogP contribution in [0.5, 0.6) is 5.75 Å². The van der Waals surface area contributed by atoms with Crippen LogP contribution in [0, 0.1) is 6.92 Å². The van der Waals surface area contributed by atoms with Crippen LogP contribution in [-0.4, -0.2) is 27.5 Å². The van der Waals surface area contributed by atoms with Crippen molar-refractivity contribution in [3.05, 3.63) is 45.9 Å². The number of hydrogen-bond donors (Lipinski definition) is 2. The number of carbonyl (C=O) groups is 2. The smallest absolute Gasteiger partial charge is 0.305 e. The maximum Gasteiger partial charge on any atom is 0.305 e. The number of ether oxygens (including phenoxy) is 1. The minimum Gasteiger partial charge on any atom is -0.486 e. The first-order chi connectivity index (χ1) is 12.9. The van der Waals surface area contributed by atoms with Crippen molar-refractivity contribution >= 4 is 23.2 Å². The van der Waals surface area contributed by atoms with Gasteiger partial charge in [0, 0.05) is 5.38 Å². The van der Waals surface area contributed by atoms with Crippen molar-refractivity contribution in [1.29, 1.82) is 0 Å². The molecule has 0 atom stereocenters. The van der Waals surface area contributed by atoms with Crippen LogP contribution >= 0.6 is 11.3 Å². The molecule has 1 aromatic heterocycles. The van der Waals surface area contributed by atoms with Gasteiger partial charge in [0.2, 0.25) is 5.91 Å². The average Bonchev–Trinajstić information content (AvgIpc) is 3.23. The molecular weight excluding hydrogens is 364 g/mol. The fourth-order valence-corrected chi connectivity index (χ4v) is 4.17. The highest BCUT2D eigenvalue weighted by molar-refractivity contribution is 7.09. The van der Waals surface area contributed by atoms with Crippen molar-refractivity contribution < 1.29 is 19.4 Å². The number of carboxylic acid groups (broad SMARTS) is 1. The number of rotatable bonds is 8. The third-order valence-corrected chi connectivity index (χ3v) is 5.65. The van der Waals surface area contributed by atoms with E-state index < -0.39 is 11.5 Å². The lowest BCUT2D eigenvalue weighted by atomic mass is 9.93. The Morgan fingerprint density at radius 3 is 2.63 bits per heavy atom. The molecular formula is C20H24N2O4S. The zero-order valence-electron chi connectivity index (χ0n) is 15.4. The third-order valence-electron chi connectivity index (χ3n) is 4.78. The Kier molecular flexibility index (Phi) is 6.11. The van der Waals surface area contributed by atoms with E-state index >= 15 is 0 Å². The second-order valence-corrected chi connectivity index (χ2v) is 8.06. The molecule has 0 saturated heterocycles. The number of carbonyl (C=O) groups excluding carboxylic acids is 1. The summed E-state index contributed by atoms with van der Waals surface area (Å²) in [5.74, 6) is -0.261. The Hall–Kier alpha value is -2.41. The molecule has 7 heteroatoms. The number of thiazole rings is 1. The maximum atomic E-state index is 12.4. The molecule has 1 heterocycles. The van der Waals surface area contributed by atoms with Crippen LogP contribution in [0.15, 0.2) is 29.6 Å². The number of nitrogens with zero attached hydrogens (tertiary/aromatic N) is 1. The van der Waals surface area contributed by atoms with Crippen molar-refractivity contribution in [3.8, 4) is 5.75 Å². The van der Waals surface area contributed by atoms with E-state index in [0.29, 0.717) is 12.3 Å². The Morgan fingerprint density at radius 1 is 1.26 bits per heavy atom. The van der Waals surface area contributed by atoms with Gasteiger partial charge in [0.1, 0.15) is 17.4 Å². The molecule has 3 rings (SSSR count). The molecule has 0 bridgehead atoms. The largest absolute Gasteiger partial charge is 0.486 e. The van der Waals surface area contributed by atoms with E-state index in [-0.39, 0.29) is 18.7 Å². The SMILES string of the molecule is Cc1ccc(OCc2nc(CC(=O)NC3(CC(=O)O)CCCC3)cs2)cc1. The normalized spacial score (nSPS) is 15.4. The van der Waals surface area contributed by atoms with Crippen LogP contribution in [0.1, 0.15) is 48.4 Å². The quantitative estimate of drug-likeness (QED) is 0.723. The van der Waals surface area contributed by atoms with Gasteiger partial charge in [-0.3, -0.25) is 9.59 Å². The summed E-state index contributed by atoms with van der Waals surface area (Å²) in [6.45, 7) is 2.38. The van der Waals surface area contributed by atoms with E-state index in [1.165, 1.54) is 16.9 Å². The van der Waals surface area contributed by atoms with Gasteiger partial charge in [0.25, 0.3) is 0 Å². The van der Waals surface area contributed by atoms with E-state index in [9.17, 15) is 9.59 Å². The van der Waals surface area contributed by atoms with Gasteiger partial charge in [0.05, 0.1) is 24.1 Å². The second kappa shape index (κ2) is 8.52. The molecule has 1 saturated carbocycles.